The van der Waals surface area contributed by atoms with Crippen LogP contribution in [0, 0.1) is 19.7 Å². The van der Waals surface area contributed by atoms with Gasteiger partial charge in [-0.15, -0.1) is 0 Å². The Morgan fingerprint density at radius 2 is 1.96 bits per heavy atom. The van der Waals surface area contributed by atoms with Crippen molar-refractivity contribution in [2.24, 2.45) is 0 Å². The highest BCUT2D eigenvalue weighted by molar-refractivity contribution is 5.94. The van der Waals surface area contributed by atoms with Gasteiger partial charge in [-0.25, -0.2) is 4.39 Å². The van der Waals surface area contributed by atoms with E-state index in [9.17, 15) is 14.0 Å². The van der Waals surface area contributed by atoms with Crippen molar-refractivity contribution in [3.63, 3.8) is 0 Å². The normalized spacial score (nSPS) is 15.2. The number of aromatic amines is 1. The highest BCUT2D eigenvalue weighted by Gasteiger charge is 2.23. The monoisotopic (exact) mass is 343 g/mol. The largest absolute Gasteiger partial charge is 0.369 e. The lowest BCUT2D eigenvalue weighted by atomic mass is 10.0. The van der Waals surface area contributed by atoms with Crippen LogP contribution in [0.15, 0.2) is 35.3 Å². The van der Waals surface area contributed by atoms with Crippen molar-refractivity contribution >= 4 is 11.6 Å². The highest BCUT2D eigenvalue weighted by atomic mass is 19.1. The number of carbonyl (C=O) groups excluding carboxylic acids is 1. The second kappa shape index (κ2) is 7.09. The maximum atomic E-state index is 14.0. The zero-order chi connectivity index (χ0) is 18.0. The number of hydrogen-bond acceptors (Lipinski definition) is 3. The molecule has 1 aliphatic rings. The van der Waals surface area contributed by atoms with Gasteiger partial charge in [-0.3, -0.25) is 9.59 Å². The molecule has 1 aromatic carbocycles. The molecule has 25 heavy (non-hydrogen) atoms. The van der Waals surface area contributed by atoms with Gasteiger partial charge < -0.3 is 15.2 Å². The fourth-order valence-corrected chi connectivity index (χ4v) is 3.14. The second-order valence-corrected chi connectivity index (χ2v) is 6.58. The van der Waals surface area contributed by atoms with Crippen molar-refractivity contribution in [1.82, 2.24) is 10.3 Å². The van der Waals surface area contributed by atoms with E-state index in [0.717, 1.165) is 11.3 Å². The number of nitrogens with zero attached hydrogens (tertiary/aromatic N) is 1. The van der Waals surface area contributed by atoms with E-state index in [1.165, 1.54) is 18.3 Å². The first-order valence-corrected chi connectivity index (χ1v) is 8.45. The van der Waals surface area contributed by atoms with Gasteiger partial charge in [0, 0.05) is 37.1 Å². The van der Waals surface area contributed by atoms with Gasteiger partial charge in [0.05, 0.1) is 5.69 Å². The lowest BCUT2D eigenvalue weighted by Gasteiger charge is -2.34. The van der Waals surface area contributed by atoms with Crippen molar-refractivity contribution in [3.8, 4) is 0 Å². The molecule has 3 rings (SSSR count). The standard InChI is InChI=1S/C19H22FN3O2/c1-12-3-4-16(20)17(9-12)23-7-5-14(6-8-23)22-19(25)15-11-21-13(2)10-18(15)24/h3-4,9-11,14H,5-8H2,1-2H3,(H,21,24)(H,22,25). The van der Waals surface area contributed by atoms with Crippen molar-refractivity contribution in [2.45, 2.75) is 32.7 Å². The molecule has 2 aromatic rings. The number of anilines is 1. The molecule has 1 fully saturated rings. The first kappa shape index (κ1) is 17.2. The summed E-state index contributed by atoms with van der Waals surface area (Å²) >= 11 is 0. The SMILES string of the molecule is Cc1ccc(F)c(N2CCC(NC(=O)c3c[nH]c(C)cc3=O)CC2)c1. The molecule has 2 heterocycles. The van der Waals surface area contributed by atoms with Crippen molar-refractivity contribution in [1.29, 1.82) is 0 Å². The average molecular weight is 343 g/mol. The zero-order valence-corrected chi connectivity index (χ0v) is 14.4. The molecule has 1 saturated heterocycles. The number of halogens is 1. The summed E-state index contributed by atoms with van der Waals surface area (Å²) < 4.78 is 14.0. The summed E-state index contributed by atoms with van der Waals surface area (Å²) in [6.07, 6.45) is 2.87. The average Bonchev–Trinajstić information content (AvgIpc) is 2.57. The van der Waals surface area contributed by atoms with E-state index in [0.29, 0.717) is 31.6 Å². The number of H-pyrrole nitrogens is 1. The number of hydrogen-bond donors (Lipinski definition) is 2. The Bertz CT molecular complexity index is 839. The van der Waals surface area contributed by atoms with Crippen LogP contribution in [0.2, 0.25) is 0 Å². The number of nitrogens with one attached hydrogen (secondary N) is 2. The molecule has 1 aliphatic heterocycles. The molecule has 5 nitrogen and oxygen atoms in total. The minimum atomic E-state index is -0.360. The smallest absolute Gasteiger partial charge is 0.256 e. The Labute approximate surface area is 145 Å². The van der Waals surface area contributed by atoms with E-state index < -0.39 is 0 Å². The fraction of sp³-hybridized carbons (Fsp3) is 0.368. The molecule has 0 atom stereocenters. The van der Waals surface area contributed by atoms with Crippen molar-refractivity contribution < 1.29 is 9.18 Å². The van der Waals surface area contributed by atoms with Gasteiger partial charge in [0.2, 0.25) is 0 Å². The molecule has 0 spiro atoms. The Morgan fingerprint density at radius 3 is 2.64 bits per heavy atom. The Kier molecular flexibility index (Phi) is 4.88. The number of aryl methyl sites for hydroxylation is 2. The topological polar surface area (TPSA) is 65.2 Å². The quantitative estimate of drug-likeness (QED) is 0.900. The summed E-state index contributed by atoms with van der Waals surface area (Å²) in [6, 6.07) is 6.49. The Morgan fingerprint density at radius 1 is 1.24 bits per heavy atom. The number of amides is 1. The van der Waals surface area contributed by atoms with Crippen molar-refractivity contribution in [3.05, 3.63) is 63.3 Å². The molecule has 1 aromatic heterocycles. The third-order valence-electron chi connectivity index (χ3n) is 4.57. The molecule has 0 aliphatic carbocycles. The lowest BCUT2D eigenvalue weighted by Crippen LogP contribution is -2.45. The molecule has 132 valence electrons. The first-order valence-electron chi connectivity index (χ1n) is 8.45. The van der Waals surface area contributed by atoms with E-state index >= 15 is 0 Å². The molecule has 1 amide bonds. The van der Waals surface area contributed by atoms with Crippen LogP contribution in [0.3, 0.4) is 0 Å². The first-order chi connectivity index (χ1) is 11.9. The minimum absolute atomic E-state index is 0.0164. The summed E-state index contributed by atoms with van der Waals surface area (Å²) in [5.74, 6) is -0.583. The van der Waals surface area contributed by atoms with E-state index in [1.54, 1.807) is 13.0 Å². The minimum Gasteiger partial charge on any atom is -0.369 e. The molecule has 0 bridgehead atoms. The van der Waals surface area contributed by atoms with Crippen molar-refractivity contribution in [2.75, 3.05) is 18.0 Å². The van der Waals surface area contributed by atoms with Gasteiger partial charge in [-0.05, 0) is 44.4 Å². The van der Waals surface area contributed by atoms with Gasteiger partial charge in [-0.2, -0.15) is 0 Å². The van der Waals surface area contributed by atoms with Crippen LogP contribution < -0.4 is 15.6 Å². The molecule has 0 unspecified atom stereocenters. The number of benzene rings is 1. The van der Waals surface area contributed by atoms with Gasteiger partial charge in [0.1, 0.15) is 11.4 Å². The fourth-order valence-electron chi connectivity index (χ4n) is 3.14. The molecule has 6 heteroatoms. The highest BCUT2D eigenvalue weighted by Crippen LogP contribution is 2.24. The maximum absolute atomic E-state index is 14.0. The van der Waals surface area contributed by atoms with Gasteiger partial charge >= 0.3 is 0 Å². The summed E-state index contributed by atoms with van der Waals surface area (Å²) in [4.78, 5) is 29.1. The molecule has 2 N–H and O–H groups in total. The molecule has 0 radical (unpaired) electrons. The Hall–Kier alpha value is -2.63. The molecular formula is C19H22FN3O2. The molecular weight excluding hydrogens is 321 g/mol. The summed E-state index contributed by atoms with van der Waals surface area (Å²) in [5, 5.41) is 2.91. The van der Waals surface area contributed by atoms with E-state index in [4.69, 9.17) is 0 Å². The van der Waals surface area contributed by atoms with Gasteiger partial charge in [0.15, 0.2) is 5.43 Å². The Balaban J connectivity index is 1.62. The number of aromatic nitrogens is 1. The number of carbonyl (C=O) groups is 1. The summed E-state index contributed by atoms with van der Waals surface area (Å²) in [7, 11) is 0. The second-order valence-electron chi connectivity index (χ2n) is 6.58. The van der Waals surface area contributed by atoms with E-state index in [2.05, 4.69) is 10.3 Å². The third kappa shape index (κ3) is 3.90. The van der Waals surface area contributed by atoms with E-state index in [1.807, 2.05) is 17.9 Å². The van der Waals surface area contributed by atoms with Crippen LogP contribution in [0.5, 0.6) is 0 Å². The van der Waals surface area contributed by atoms with Crippen LogP contribution in [-0.4, -0.2) is 30.0 Å². The zero-order valence-electron chi connectivity index (χ0n) is 14.4. The van der Waals surface area contributed by atoms with Crippen LogP contribution in [-0.2, 0) is 0 Å². The lowest BCUT2D eigenvalue weighted by molar-refractivity contribution is 0.0929. The third-order valence-corrected chi connectivity index (χ3v) is 4.57. The maximum Gasteiger partial charge on any atom is 0.256 e. The van der Waals surface area contributed by atoms with Crippen LogP contribution in [0.4, 0.5) is 10.1 Å². The predicted octanol–water partition coefficient (Wildman–Crippen LogP) is 2.53. The van der Waals surface area contributed by atoms with E-state index in [-0.39, 0.29) is 28.8 Å². The predicted molar refractivity (Wildman–Crippen MR) is 95.6 cm³/mol. The molecule has 0 saturated carbocycles. The van der Waals surface area contributed by atoms with Crippen LogP contribution in [0.1, 0.15) is 34.5 Å². The van der Waals surface area contributed by atoms with Gasteiger partial charge in [0.25, 0.3) is 5.91 Å². The number of piperidine rings is 1. The summed E-state index contributed by atoms with van der Waals surface area (Å²) in [5.41, 5.74) is 2.19. The van der Waals surface area contributed by atoms with Gasteiger partial charge in [-0.1, -0.05) is 6.07 Å². The van der Waals surface area contributed by atoms with Crippen LogP contribution in [0.25, 0.3) is 0 Å². The summed E-state index contributed by atoms with van der Waals surface area (Å²) in [6.45, 7) is 5.03. The number of rotatable bonds is 3. The number of pyridine rings is 1. The van der Waals surface area contributed by atoms with Crippen LogP contribution >= 0.6 is 0 Å².